The molecular formula is C23H23N5O2. The lowest BCUT2D eigenvalue weighted by molar-refractivity contribution is 0.102. The summed E-state index contributed by atoms with van der Waals surface area (Å²) in [6, 6.07) is 22.6. The highest BCUT2D eigenvalue weighted by atomic mass is 16.5. The van der Waals surface area contributed by atoms with Gasteiger partial charge in [0.25, 0.3) is 5.91 Å². The van der Waals surface area contributed by atoms with Crippen LogP contribution in [-0.4, -0.2) is 29.5 Å². The van der Waals surface area contributed by atoms with Crippen LogP contribution >= 0.6 is 0 Å². The Kier molecular flexibility index (Phi) is 5.63. The van der Waals surface area contributed by atoms with E-state index in [2.05, 4.69) is 15.7 Å². The zero-order valence-corrected chi connectivity index (χ0v) is 16.6. The predicted octanol–water partition coefficient (Wildman–Crippen LogP) is 3.93. The Morgan fingerprint density at radius 3 is 2.53 bits per heavy atom. The average molecular weight is 401 g/mol. The first-order chi connectivity index (χ1) is 14.7. The molecule has 7 nitrogen and oxygen atoms in total. The molecule has 0 saturated carbocycles. The fourth-order valence-electron chi connectivity index (χ4n) is 3.26. The molecule has 0 saturated heterocycles. The molecule has 7 heteroatoms. The molecule has 4 rings (SSSR count). The maximum absolute atomic E-state index is 12.5. The second-order valence-electron chi connectivity index (χ2n) is 6.87. The third kappa shape index (κ3) is 4.11. The van der Waals surface area contributed by atoms with E-state index in [1.165, 1.54) is 0 Å². The summed E-state index contributed by atoms with van der Waals surface area (Å²) >= 11 is 0. The summed E-state index contributed by atoms with van der Waals surface area (Å²) in [5.41, 5.74) is 9.53. The van der Waals surface area contributed by atoms with Crippen molar-refractivity contribution in [2.24, 2.45) is 0 Å². The van der Waals surface area contributed by atoms with Crippen molar-refractivity contribution in [2.75, 3.05) is 30.2 Å². The van der Waals surface area contributed by atoms with E-state index in [0.717, 1.165) is 22.3 Å². The van der Waals surface area contributed by atoms with Crippen LogP contribution in [0.3, 0.4) is 0 Å². The van der Waals surface area contributed by atoms with E-state index in [-0.39, 0.29) is 5.91 Å². The van der Waals surface area contributed by atoms with Gasteiger partial charge in [-0.3, -0.25) is 4.79 Å². The Labute approximate surface area is 174 Å². The fraction of sp³-hybridized carbons (Fsp3) is 0.130. The van der Waals surface area contributed by atoms with E-state index in [1.54, 1.807) is 31.4 Å². The summed E-state index contributed by atoms with van der Waals surface area (Å²) in [5, 5.41) is 11.8. The van der Waals surface area contributed by atoms with Gasteiger partial charge in [0.1, 0.15) is 12.5 Å². The molecule has 30 heavy (non-hydrogen) atoms. The van der Waals surface area contributed by atoms with Crippen molar-refractivity contribution in [2.45, 2.75) is 6.54 Å². The normalized spacial score (nSPS) is 10.8. The van der Waals surface area contributed by atoms with Crippen LogP contribution in [-0.2, 0) is 11.3 Å². The van der Waals surface area contributed by atoms with Crippen molar-refractivity contribution >= 4 is 34.0 Å². The lowest BCUT2D eigenvalue weighted by atomic mass is 10.1. The van der Waals surface area contributed by atoms with E-state index in [4.69, 9.17) is 10.5 Å². The number of methoxy groups -OCH3 is 1. The Hall–Kier alpha value is -3.84. The molecule has 0 fully saturated rings. The standard InChI is InChI=1S/C23H23N5O2/c1-30-15-25-22-18-6-2-4-8-20(18)27-28(22)14-16-10-12-17(13-11-16)23(29)26-21-9-5-3-7-19(21)24/h2-13,25H,14-15,24H2,1H3,(H,26,29). The van der Waals surface area contributed by atoms with Crippen molar-refractivity contribution < 1.29 is 9.53 Å². The van der Waals surface area contributed by atoms with E-state index in [9.17, 15) is 4.79 Å². The Balaban J connectivity index is 1.52. The number of hydrogen-bond acceptors (Lipinski definition) is 5. The molecular weight excluding hydrogens is 378 g/mol. The molecule has 152 valence electrons. The number of anilines is 3. The van der Waals surface area contributed by atoms with E-state index < -0.39 is 0 Å². The average Bonchev–Trinajstić information content (AvgIpc) is 3.11. The van der Waals surface area contributed by atoms with Gasteiger partial charge in [0.2, 0.25) is 0 Å². The van der Waals surface area contributed by atoms with Crippen molar-refractivity contribution in [3.05, 3.63) is 83.9 Å². The summed E-state index contributed by atoms with van der Waals surface area (Å²) in [6.45, 7) is 0.950. The number of rotatable bonds is 7. The number of nitrogens with two attached hydrogens (primary N) is 1. The second-order valence-corrected chi connectivity index (χ2v) is 6.87. The van der Waals surface area contributed by atoms with Gasteiger partial charge in [-0.2, -0.15) is 5.10 Å². The number of benzene rings is 3. The molecule has 4 aromatic rings. The number of hydrogen-bond donors (Lipinski definition) is 3. The lowest BCUT2D eigenvalue weighted by Crippen LogP contribution is -2.13. The second kappa shape index (κ2) is 8.67. The molecule has 4 N–H and O–H groups in total. The molecule has 1 amide bonds. The third-order valence-corrected chi connectivity index (χ3v) is 4.79. The van der Waals surface area contributed by atoms with Gasteiger partial charge in [0.05, 0.1) is 23.4 Å². The van der Waals surface area contributed by atoms with Crippen LogP contribution in [0.4, 0.5) is 17.2 Å². The van der Waals surface area contributed by atoms with Crippen LogP contribution in [0.2, 0.25) is 0 Å². The molecule has 0 spiro atoms. The Morgan fingerprint density at radius 2 is 1.77 bits per heavy atom. The van der Waals surface area contributed by atoms with Gasteiger partial charge in [-0.25, -0.2) is 4.68 Å². The van der Waals surface area contributed by atoms with E-state index >= 15 is 0 Å². The van der Waals surface area contributed by atoms with Crippen molar-refractivity contribution in [3.8, 4) is 0 Å². The first kappa shape index (κ1) is 19.5. The van der Waals surface area contributed by atoms with Gasteiger partial charge >= 0.3 is 0 Å². The number of nitrogens with zero attached hydrogens (tertiary/aromatic N) is 2. The summed E-state index contributed by atoms with van der Waals surface area (Å²) in [5.74, 6) is 0.695. The lowest BCUT2D eigenvalue weighted by Gasteiger charge is -2.11. The number of aromatic nitrogens is 2. The van der Waals surface area contributed by atoms with Crippen LogP contribution in [0.1, 0.15) is 15.9 Å². The van der Waals surface area contributed by atoms with Crippen molar-refractivity contribution in [3.63, 3.8) is 0 Å². The third-order valence-electron chi connectivity index (χ3n) is 4.79. The summed E-state index contributed by atoms with van der Waals surface area (Å²) in [4.78, 5) is 12.5. The number of amides is 1. The minimum atomic E-state index is -0.202. The van der Waals surface area contributed by atoms with Gasteiger partial charge in [-0.05, 0) is 42.0 Å². The minimum absolute atomic E-state index is 0.202. The van der Waals surface area contributed by atoms with Crippen LogP contribution in [0, 0.1) is 0 Å². The highest BCUT2D eigenvalue weighted by molar-refractivity contribution is 6.05. The summed E-state index contributed by atoms with van der Waals surface area (Å²) in [7, 11) is 1.64. The van der Waals surface area contributed by atoms with Crippen LogP contribution in [0.25, 0.3) is 10.9 Å². The smallest absolute Gasteiger partial charge is 0.255 e. The highest BCUT2D eigenvalue weighted by Gasteiger charge is 2.12. The number of nitrogen functional groups attached to an aromatic ring is 1. The summed E-state index contributed by atoms with van der Waals surface area (Å²) < 4.78 is 7.07. The minimum Gasteiger partial charge on any atom is -0.397 e. The molecule has 0 aliphatic carbocycles. The molecule has 1 aromatic heterocycles. The first-order valence-electron chi connectivity index (χ1n) is 9.59. The number of fused-ring (bicyclic) bond motifs is 1. The molecule has 0 atom stereocenters. The molecule has 0 radical (unpaired) electrons. The SMILES string of the molecule is COCNc1c2ccccc2nn1Cc1ccc(C(=O)Nc2ccccc2N)cc1. The predicted molar refractivity (Wildman–Crippen MR) is 120 cm³/mol. The maximum Gasteiger partial charge on any atom is 0.255 e. The number of carbonyl (C=O) groups excluding carboxylic acids is 1. The Bertz CT molecular complexity index is 1170. The van der Waals surface area contributed by atoms with Crippen molar-refractivity contribution in [1.29, 1.82) is 0 Å². The number of carbonyl (C=O) groups is 1. The topological polar surface area (TPSA) is 94.2 Å². The quantitative estimate of drug-likeness (QED) is 0.322. The first-order valence-corrected chi connectivity index (χ1v) is 9.59. The molecule has 3 aromatic carbocycles. The largest absolute Gasteiger partial charge is 0.397 e. The summed E-state index contributed by atoms with van der Waals surface area (Å²) in [6.07, 6.45) is 0. The molecule has 0 unspecified atom stereocenters. The molecule has 0 aliphatic heterocycles. The zero-order valence-electron chi connectivity index (χ0n) is 16.6. The molecule has 0 aliphatic rings. The maximum atomic E-state index is 12.5. The highest BCUT2D eigenvalue weighted by Crippen LogP contribution is 2.24. The Morgan fingerprint density at radius 1 is 1.03 bits per heavy atom. The van der Waals surface area contributed by atoms with Gasteiger partial charge in [-0.1, -0.05) is 36.4 Å². The molecule has 0 bridgehead atoms. The zero-order chi connectivity index (χ0) is 20.9. The van der Waals surface area contributed by atoms with Crippen LogP contribution < -0.4 is 16.4 Å². The fourth-order valence-corrected chi connectivity index (χ4v) is 3.26. The molecule has 1 heterocycles. The van der Waals surface area contributed by atoms with E-state index in [0.29, 0.717) is 30.2 Å². The van der Waals surface area contributed by atoms with Gasteiger partial charge in [0.15, 0.2) is 0 Å². The van der Waals surface area contributed by atoms with Gasteiger partial charge in [0, 0.05) is 18.1 Å². The number of ether oxygens (including phenoxy) is 1. The number of para-hydroxylation sites is 2. The van der Waals surface area contributed by atoms with Crippen LogP contribution in [0.5, 0.6) is 0 Å². The van der Waals surface area contributed by atoms with Gasteiger partial charge in [-0.15, -0.1) is 0 Å². The van der Waals surface area contributed by atoms with E-state index in [1.807, 2.05) is 53.2 Å². The number of nitrogens with one attached hydrogen (secondary N) is 2. The monoisotopic (exact) mass is 401 g/mol. The van der Waals surface area contributed by atoms with Crippen LogP contribution in [0.15, 0.2) is 72.8 Å². The van der Waals surface area contributed by atoms with Crippen molar-refractivity contribution in [1.82, 2.24) is 9.78 Å². The van der Waals surface area contributed by atoms with Gasteiger partial charge < -0.3 is 21.1 Å².